The second kappa shape index (κ2) is 8.41. The highest BCUT2D eigenvalue weighted by atomic mass is 19.1. The van der Waals surface area contributed by atoms with Gasteiger partial charge in [0.25, 0.3) is 0 Å². The van der Waals surface area contributed by atoms with Crippen LogP contribution in [0.2, 0.25) is 0 Å². The van der Waals surface area contributed by atoms with Crippen LogP contribution >= 0.6 is 0 Å². The largest absolute Gasteiger partial charge is 0.313 e. The van der Waals surface area contributed by atoms with Crippen LogP contribution in [0.3, 0.4) is 0 Å². The van der Waals surface area contributed by atoms with Gasteiger partial charge in [-0.3, -0.25) is 0 Å². The van der Waals surface area contributed by atoms with Crippen LogP contribution in [-0.2, 0) is 0 Å². The number of halogens is 1. The molecule has 0 aromatic heterocycles. The van der Waals surface area contributed by atoms with Gasteiger partial charge in [-0.25, -0.2) is 4.39 Å². The zero-order valence-electron chi connectivity index (χ0n) is 12.7. The first-order valence-corrected chi connectivity index (χ1v) is 8.28. The average Bonchev–Trinajstić information content (AvgIpc) is 3.27. The van der Waals surface area contributed by atoms with E-state index < -0.39 is 0 Å². The van der Waals surface area contributed by atoms with Crippen LogP contribution in [0.4, 0.5) is 4.39 Å². The Labute approximate surface area is 123 Å². The number of hydrogen-bond acceptors (Lipinski definition) is 1. The van der Waals surface area contributed by atoms with E-state index in [1.54, 1.807) is 12.1 Å². The van der Waals surface area contributed by atoms with Crippen LogP contribution in [0.1, 0.15) is 69.8 Å². The third-order valence-corrected chi connectivity index (χ3v) is 4.23. The molecule has 1 aromatic rings. The quantitative estimate of drug-likeness (QED) is 0.592. The van der Waals surface area contributed by atoms with E-state index in [0.29, 0.717) is 5.92 Å². The molecule has 20 heavy (non-hydrogen) atoms. The van der Waals surface area contributed by atoms with Gasteiger partial charge in [0, 0.05) is 12.6 Å². The molecule has 1 N–H and O–H groups in total. The lowest BCUT2D eigenvalue weighted by Gasteiger charge is -2.18. The minimum atomic E-state index is -0.134. The topological polar surface area (TPSA) is 12.0 Å². The van der Waals surface area contributed by atoms with Crippen molar-refractivity contribution in [1.29, 1.82) is 0 Å². The molecule has 0 spiro atoms. The molecule has 1 unspecified atom stereocenters. The van der Waals surface area contributed by atoms with E-state index in [2.05, 4.69) is 12.2 Å². The van der Waals surface area contributed by atoms with Crippen molar-refractivity contribution in [2.75, 3.05) is 6.54 Å². The van der Waals surface area contributed by atoms with Crippen LogP contribution in [-0.4, -0.2) is 12.6 Å². The first kappa shape index (κ1) is 15.5. The maximum absolute atomic E-state index is 13.0. The van der Waals surface area contributed by atoms with Crippen LogP contribution in [0, 0.1) is 5.82 Å². The van der Waals surface area contributed by atoms with Crippen molar-refractivity contribution in [3.05, 3.63) is 35.6 Å². The fourth-order valence-electron chi connectivity index (χ4n) is 2.71. The summed E-state index contributed by atoms with van der Waals surface area (Å²) in [5.41, 5.74) is 1.29. The summed E-state index contributed by atoms with van der Waals surface area (Å²) in [4.78, 5) is 0. The molecule has 0 aliphatic heterocycles. The predicted octanol–water partition coefficient (Wildman–Crippen LogP) is 5.02. The van der Waals surface area contributed by atoms with E-state index in [1.807, 2.05) is 12.1 Å². The number of benzene rings is 1. The fraction of sp³-hybridized carbons (Fsp3) is 0.667. The molecule has 1 aliphatic rings. The molecule has 2 heteroatoms. The second-order valence-corrected chi connectivity index (χ2v) is 6.13. The summed E-state index contributed by atoms with van der Waals surface area (Å²) < 4.78 is 13.0. The Bertz CT molecular complexity index is 370. The summed E-state index contributed by atoms with van der Waals surface area (Å²) in [6.45, 7) is 3.30. The molecule has 0 radical (unpaired) electrons. The van der Waals surface area contributed by atoms with Gasteiger partial charge in [-0.05, 0) is 42.9 Å². The van der Waals surface area contributed by atoms with Crippen molar-refractivity contribution < 1.29 is 4.39 Å². The van der Waals surface area contributed by atoms with Crippen molar-refractivity contribution in [3.8, 4) is 0 Å². The maximum atomic E-state index is 13.0. The van der Waals surface area contributed by atoms with Crippen LogP contribution in [0.15, 0.2) is 24.3 Å². The molecule has 0 amide bonds. The van der Waals surface area contributed by atoms with Crippen molar-refractivity contribution in [2.45, 2.75) is 70.3 Å². The van der Waals surface area contributed by atoms with E-state index in [0.717, 1.165) is 12.6 Å². The summed E-state index contributed by atoms with van der Waals surface area (Å²) in [7, 11) is 0. The minimum Gasteiger partial charge on any atom is -0.313 e. The van der Waals surface area contributed by atoms with Gasteiger partial charge >= 0.3 is 0 Å². The average molecular weight is 277 g/mol. The Morgan fingerprint density at radius 3 is 2.45 bits per heavy atom. The van der Waals surface area contributed by atoms with E-state index in [1.165, 1.54) is 56.9 Å². The minimum absolute atomic E-state index is 0.134. The van der Waals surface area contributed by atoms with Gasteiger partial charge in [0.1, 0.15) is 5.82 Å². The van der Waals surface area contributed by atoms with Gasteiger partial charge in [0.05, 0.1) is 0 Å². The van der Waals surface area contributed by atoms with Crippen molar-refractivity contribution >= 4 is 0 Å². The van der Waals surface area contributed by atoms with Crippen molar-refractivity contribution in [3.63, 3.8) is 0 Å². The second-order valence-electron chi connectivity index (χ2n) is 6.13. The third-order valence-electron chi connectivity index (χ3n) is 4.23. The highest BCUT2D eigenvalue weighted by molar-refractivity contribution is 5.21. The lowest BCUT2D eigenvalue weighted by Crippen LogP contribution is -2.23. The molecule has 0 saturated heterocycles. The molecular formula is C18H28FN. The van der Waals surface area contributed by atoms with Gasteiger partial charge in [-0.15, -0.1) is 0 Å². The summed E-state index contributed by atoms with van der Waals surface area (Å²) in [6, 6.07) is 7.85. The van der Waals surface area contributed by atoms with Crippen molar-refractivity contribution in [1.82, 2.24) is 5.32 Å². The Morgan fingerprint density at radius 2 is 1.80 bits per heavy atom. The summed E-state index contributed by atoms with van der Waals surface area (Å²) in [6.07, 6.45) is 10.5. The SMILES string of the molecule is CCCCCCCC(CNC1CC1)c1ccc(F)cc1. The number of unbranched alkanes of at least 4 members (excludes halogenated alkanes) is 4. The molecule has 1 nitrogen and oxygen atoms in total. The van der Waals surface area contributed by atoms with Crippen LogP contribution in [0.5, 0.6) is 0 Å². The first-order chi connectivity index (χ1) is 9.79. The van der Waals surface area contributed by atoms with E-state index >= 15 is 0 Å². The number of nitrogens with one attached hydrogen (secondary N) is 1. The van der Waals surface area contributed by atoms with Gasteiger partial charge in [0.15, 0.2) is 0 Å². The molecule has 1 fully saturated rings. The third kappa shape index (κ3) is 5.62. The highest BCUT2D eigenvalue weighted by Gasteiger charge is 2.22. The van der Waals surface area contributed by atoms with Crippen LogP contribution < -0.4 is 5.32 Å². The summed E-state index contributed by atoms with van der Waals surface area (Å²) in [5, 5.41) is 3.63. The number of hydrogen-bond donors (Lipinski definition) is 1. The predicted molar refractivity (Wildman–Crippen MR) is 83.5 cm³/mol. The molecule has 0 bridgehead atoms. The smallest absolute Gasteiger partial charge is 0.123 e. The molecule has 1 aromatic carbocycles. The van der Waals surface area contributed by atoms with Gasteiger partial charge in [-0.1, -0.05) is 51.2 Å². The van der Waals surface area contributed by atoms with Gasteiger partial charge in [-0.2, -0.15) is 0 Å². The normalized spacial score (nSPS) is 16.3. The maximum Gasteiger partial charge on any atom is 0.123 e. The number of rotatable bonds is 10. The Balaban J connectivity index is 1.80. The van der Waals surface area contributed by atoms with E-state index in [9.17, 15) is 4.39 Å². The summed E-state index contributed by atoms with van der Waals surface area (Å²) >= 11 is 0. The zero-order chi connectivity index (χ0) is 14.2. The Morgan fingerprint density at radius 1 is 1.10 bits per heavy atom. The lowest BCUT2D eigenvalue weighted by atomic mass is 9.92. The zero-order valence-corrected chi connectivity index (χ0v) is 12.7. The monoisotopic (exact) mass is 277 g/mol. The highest BCUT2D eigenvalue weighted by Crippen LogP contribution is 2.25. The lowest BCUT2D eigenvalue weighted by molar-refractivity contribution is 0.507. The fourth-order valence-corrected chi connectivity index (χ4v) is 2.71. The molecule has 1 atom stereocenters. The van der Waals surface area contributed by atoms with E-state index in [-0.39, 0.29) is 5.82 Å². The van der Waals surface area contributed by atoms with Crippen LogP contribution in [0.25, 0.3) is 0 Å². The molecule has 112 valence electrons. The molecule has 0 heterocycles. The first-order valence-electron chi connectivity index (χ1n) is 8.28. The molecule has 1 aliphatic carbocycles. The van der Waals surface area contributed by atoms with Gasteiger partial charge < -0.3 is 5.32 Å². The Kier molecular flexibility index (Phi) is 6.52. The standard InChI is InChI=1S/C18H28FN/c1-2-3-4-5-6-7-16(14-20-18-12-13-18)15-8-10-17(19)11-9-15/h8-11,16,18,20H,2-7,12-14H2,1H3. The summed E-state index contributed by atoms with van der Waals surface area (Å²) in [5.74, 6) is 0.406. The van der Waals surface area contributed by atoms with Gasteiger partial charge in [0.2, 0.25) is 0 Å². The molecule has 2 rings (SSSR count). The Hall–Kier alpha value is -0.890. The molecule has 1 saturated carbocycles. The van der Waals surface area contributed by atoms with E-state index in [4.69, 9.17) is 0 Å². The molecular weight excluding hydrogens is 249 g/mol. The van der Waals surface area contributed by atoms with Crippen molar-refractivity contribution in [2.24, 2.45) is 0 Å².